The van der Waals surface area contributed by atoms with Gasteiger partial charge in [-0.15, -0.1) is 0 Å². The minimum absolute atomic E-state index is 0.0199. The molecule has 134 valence electrons. The Morgan fingerprint density at radius 1 is 1.40 bits per heavy atom. The summed E-state index contributed by atoms with van der Waals surface area (Å²) in [4.78, 5) is 19.0. The summed E-state index contributed by atoms with van der Waals surface area (Å²) in [5.74, 6) is -3.32. The fraction of sp³-hybridized carbons (Fsp3) is 0.474. The van der Waals surface area contributed by atoms with E-state index >= 15 is 0 Å². The Morgan fingerprint density at radius 2 is 2.16 bits per heavy atom. The third-order valence-electron chi connectivity index (χ3n) is 4.11. The molecule has 1 saturated heterocycles. The van der Waals surface area contributed by atoms with E-state index in [1.54, 1.807) is 6.92 Å². The van der Waals surface area contributed by atoms with E-state index in [9.17, 15) is 15.0 Å². The molecule has 1 aromatic rings. The lowest BCUT2D eigenvalue weighted by molar-refractivity contribution is -0.124. The standard InChI is InChI=1S/C19H24N2O4/c1-2-3-16(22)13-8-10-21(11-9-13)12-15-5-4-14-6-7-17(23)20-25-19(14)18(15)24/h4-7,13,24H,2-3,8-12H2,1H3,(H,20,23)/i3D2,12D2,13D. The third-order valence-corrected chi connectivity index (χ3v) is 4.11. The van der Waals surface area contributed by atoms with Crippen molar-refractivity contribution in [3.8, 4) is 11.5 Å². The van der Waals surface area contributed by atoms with Crippen LogP contribution in [0.2, 0.25) is 0 Å². The van der Waals surface area contributed by atoms with E-state index in [0.717, 1.165) is 0 Å². The largest absolute Gasteiger partial charge is 0.504 e. The average Bonchev–Trinajstić information content (AvgIpc) is 2.90. The lowest BCUT2D eigenvalue weighted by atomic mass is 9.90. The van der Waals surface area contributed by atoms with Gasteiger partial charge in [-0.2, -0.15) is 0 Å². The number of phenolic OH excluding ortho intramolecular Hbond substituents is 1. The Hall–Kier alpha value is -2.34. The molecule has 25 heavy (non-hydrogen) atoms. The fourth-order valence-corrected chi connectivity index (χ4v) is 2.76. The fourth-order valence-electron chi connectivity index (χ4n) is 2.76. The molecule has 2 N–H and O–H groups in total. The molecule has 0 aliphatic carbocycles. The van der Waals surface area contributed by atoms with Crippen LogP contribution in [0.15, 0.2) is 23.4 Å². The van der Waals surface area contributed by atoms with Gasteiger partial charge in [0.05, 0.1) is 0 Å². The molecular weight excluding hydrogens is 320 g/mol. The SMILES string of the molecule is [2H]C([2H])(CC)C(=O)C1([2H])CCN(C([2H])([2H])c2ccc3c(c2O)ON=C(O)C=C3)CC1. The van der Waals surface area contributed by atoms with Crippen molar-refractivity contribution >= 4 is 17.8 Å². The van der Waals surface area contributed by atoms with E-state index < -0.39 is 36.2 Å². The van der Waals surface area contributed by atoms with Crippen molar-refractivity contribution in [1.82, 2.24) is 4.90 Å². The van der Waals surface area contributed by atoms with Gasteiger partial charge < -0.3 is 15.1 Å². The Bertz CT molecular complexity index is 908. The van der Waals surface area contributed by atoms with Crippen molar-refractivity contribution in [2.75, 3.05) is 13.1 Å². The Labute approximate surface area is 154 Å². The van der Waals surface area contributed by atoms with E-state index in [-0.39, 0.29) is 43.7 Å². The van der Waals surface area contributed by atoms with Gasteiger partial charge in [0.15, 0.2) is 5.75 Å². The number of likely N-dealkylation sites (tertiary alicyclic amines) is 1. The third kappa shape index (κ3) is 4.02. The minimum atomic E-state index is -2.14. The molecule has 0 atom stereocenters. The number of Topliss-reactive ketones (excluding diaryl/α,β-unsaturated/α-hetero) is 1. The number of carbonyl (C=O) groups is 1. The van der Waals surface area contributed by atoms with Crippen LogP contribution in [0.5, 0.6) is 11.5 Å². The molecule has 0 aromatic heterocycles. The van der Waals surface area contributed by atoms with Crippen LogP contribution in [-0.4, -0.2) is 39.9 Å². The molecule has 2 heterocycles. The monoisotopic (exact) mass is 349 g/mol. The molecule has 0 unspecified atom stereocenters. The number of rotatable bonds is 5. The van der Waals surface area contributed by atoms with Crippen molar-refractivity contribution < 1.29 is 26.7 Å². The van der Waals surface area contributed by atoms with Gasteiger partial charge in [0.2, 0.25) is 11.6 Å². The number of oxime groups is 1. The number of aliphatic hydroxyl groups is 1. The highest BCUT2D eigenvalue weighted by molar-refractivity contribution is 5.91. The normalized spacial score (nSPS) is 23.6. The van der Waals surface area contributed by atoms with Crippen LogP contribution >= 0.6 is 0 Å². The second kappa shape index (κ2) is 7.70. The van der Waals surface area contributed by atoms with Gasteiger partial charge in [-0.1, -0.05) is 19.1 Å². The Morgan fingerprint density at radius 3 is 2.88 bits per heavy atom. The summed E-state index contributed by atoms with van der Waals surface area (Å²) in [6, 6.07) is 2.94. The first kappa shape index (κ1) is 12.1. The quantitative estimate of drug-likeness (QED) is 0.853. The molecule has 0 spiro atoms. The zero-order chi connectivity index (χ0) is 22.3. The predicted molar refractivity (Wildman–Crippen MR) is 95.7 cm³/mol. The van der Waals surface area contributed by atoms with Crippen molar-refractivity contribution in [1.29, 1.82) is 0 Å². The first-order chi connectivity index (χ1) is 13.9. The molecular formula is C19H24N2O4. The van der Waals surface area contributed by atoms with Gasteiger partial charge in [-0.25, -0.2) is 0 Å². The summed E-state index contributed by atoms with van der Waals surface area (Å²) in [7, 11) is 0. The summed E-state index contributed by atoms with van der Waals surface area (Å²) in [5.41, 5.74) is 0.343. The average molecular weight is 349 g/mol. The molecule has 6 nitrogen and oxygen atoms in total. The molecule has 3 rings (SSSR count). The first-order valence-electron chi connectivity index (χ1n) is 10.7. The summed E-state index contributed by atoms with van der Waals surface area (Å²) >= 11 is 0. The highest BCUT2D eigenvalue weighted by Crippen LogP contribution is 2.37. The lowest BCUT2D eigenvalue weighted by Crippen LogP contribution is -2.35. The van der Waals surface area contributed by atoms with E-state index in [1.807, 2.05) is 0 Å². The zero-order valence-electron chi connectivity index (χ0n) is 19.0. The number of fused-ring (bicyclic) bond motifs is 1. The van der Waals surface area contributed by atoms with E-state index in [0.29, 0.717) is 5.56 Å². The van der Waals surface area contributed by atoms with Crippen LogP contribution in [0.1, 0.15) is 50.5 Å². The zero-order valence-corrected chi connectivity index (χ0v) is 14.0. The van der Waals surface area contributed by atoms with Gasteiger partial charge in [-0.05, 0) is 43.6 Å². The van der Waals surface area contributed by atoms with Gasteiger partial charge in [0.25, 0.3) is 0 Å². The minimum Gasteiger partial charge on any atom is -0.504 e. The number of aliphatic hydroxyl groups excluding tert-OH is 1. The number of carbonyl (C=O) groups excluding carboxylic acids is 1. The molecule has 1 aromatic carbocycles. The number of hydrogen-bond donors (Lipinski definition) is 2. The smallest absolute Gasteiger partial charge is 0.248 e. The first-order valence-corrected chi connectivity index (χ1v) is 8.21. The summed E-state index contributed by atoms with van der Waals surface area (Å²) < 4.78 is 41.2. The number of phenols is 1. The summed E-state index contributed by atoms with van der Waals surface area (Å²) in [6.07, 6.45) is 0.608. The Balaban J connectivity index is 1.83. The van der Waals surface area contributed by atoms with Crippen LogP contribution in [0.4, 0.5) is 0 Å². The maximum Gasteiger partial charge on any atom is 0.248 e. The van der Waals surface area contributed by atoms with Crippen LogP contribution in [0.3, 0.4) is 0 Å². The van der Waals surface area contributed by atoms with Crippen LogP contribution in [0, 0.1) is 5.89 Å². The van der Waals surface area contributed by atoms with Gasteiger partial charge >= 0.3 is 0 Å². The maximum atomic E-state index is 12.5. The van der Waals surface area contributed by atoms with Gasteiger partial charge in [0.1, 0.15) is 5.78 Å². The molecule has 0 bridgehead atoms. The molecule has 2 aliphatic rings. The number of benzene rings is 1. The second-order valence-corrected chi connectivity index (χ2v) is 5.82. The number of ketones is 1. The van der Waals surface area contributed by atoms with E-state index in [1.165, 1.54) is 29.2 Å². The van der Waals surface area contributed by atoms with Crippen molar-refractivity contribution in [2.24, 2.45) is 11.0 Å². The van der Waals surface area contributed by atoms with Crippen molar-refractivity contribution in [3.05, 3.63) is 29.3 Å². The van der Waals surface area contributed by atoms with Crippen LogP contribution in [0.25, 0.3) is 6.08 Å². The topological polar surface area (TPSA) is 82.4 Å². The number of piperidine rings is 1. The molecule has 0 radical (unpaired) electrons. The van der Waals surface area contributed by atoms with Crippen molar-refractivity contribution in [2.45, 2.75) is 39.1 Å². The molecule has 0 saturated carbocycles. The Kier molecular flexibility index (Phi) is 3.72. The number of nitrogens with zero attached hydrogens (tertiary/aromatic N) is 2. The molecule has 6 heteroatoms. The highest BCUT2D eigenvalue weighted by atomic mass is 16.6. The number of aromatic hydroxyl groups is 1. The van der Waals surface area contributed by atoms with Crippen LogP contribution < -0.4 is 4.84 Å². The van der Waals surface area contributed by atoms with Crippen LogP contribution in [-0.2, 0) is 11.3 Å². The van der Waals surface area contributed by atoms with E-state index in [4.69, 9.17) is 11.7 Å². The molecule has 1 fully saturated rings. The lowest BCUT2D eigenvalue weighted by Gasteiger charge is -2.31. The molecule has 0 amide bonds. The molecule has 2 aliphatic heterocycles. The van der Waals surface area contributed by atoms with Gasteiger partial charge in [0, 0.05) is 42.8 Å². The van der Waals surface area contributed by atoms with Gasteiger partial charge in [-0.3, -0.25) is 9.69 Å². The van der Waals surface area contributed by atoms with E-state index in [2.05, 4.69) is 5.16 Å². The number of hydrogen-bond acceptors (Lipinski definition) is 5. The predicted octanol–water partition coefficient (Wildman–Crippen LogP) is 3.25. The highest BCUT2D eigenvalue weighted by Gasteiger charge is 2.25. The van der Waals surface area contributed by atoms with Crippen molar-refractivity contribution in [3.63, 3.8) is 0 Å². The second-order valence-electron chi connectivity index (χ2n) is 5.82. The maximum absolute atomic E-state index is 12.5. The summed E-state index contributed by atoms with van der Waals surface area (Å²) in [5, 5.41) is 23.5. The summed E-state index contributed by atoms with van der Waals surface area (Å²) in [6.45, 7) is -0.508.